The summed E-state index contributed by atoms with van der Waals surface area (Å²) in [5.41, 5.74) is 6.98. The molecule has 0 fully saturated rings. The van der Waals surface area contributed by atoms with E-state index in [1.54, 1.807) is 18.2 Å². The number of rotatable bonds is 4. The van der Waals surface area contributed by atoms with Crippen LogP contribution in [-0.2, 0) is 0 Å². The summed E-state index contributed by atoms with van der Waals surface area (Å²) in [5, 5.41) is 0. The minimum atomic E-state index is -0.679. The van der Waals surface area contributed by atoms with Gasteiger partial charge < -0.3 is 5.73 Å². The molecular formula is C20H10Br6N2O2. The molecule has 0 saturated heterocycles. The molecule has 2 N–H and O–H groups in total. The lowest BCUT2D eigenvalue weighted by atomic mass is 10.0. The maximum Gasteiger partial charge on any atom is 0.263 e. The summed E-state index contributed by atoms with van der Waals surface area (Å²) in [6.07, 6.45) is 0. The van der Waals surface area contributed by atoms with Gasteiger partial charge in [-0.2, -0.15) is 0 Å². The zero-order chi connectivity index (χ0) is 22.2. The zero-order valence-electron chi connectivity index (χ0n) is 14.7. The Kier molecular flexibility index (Phi) is 8.01. The van der Waals surface area contributed by atoms with Gasteiger partial charge in [0.25, 0.3) is 5.91 Å². The molecule has 3 rings (SSSR count). The first-order valence-corrected chi connectivity index (χ1v) is 12.9. The van der Waals surface area contributed by atoms with E-state index >= 15 is 0 Å². The Labute approximate surface area is 223 Å². The van der Waals surface area contributed by atoms with Crippen LogP contribution in [0.15, 0.2) is 75.4 Å². The minimum Gasteiger partial charge on any atom is -0.366 e. The highest BCUT2D eigenvalue weighted by atomic mass is 79.9. The first-order valence-electron chi connectivity index (χ1n) is 8.14. The van der Waals surface area contributed by atoms with Crippen molar-refractivity contribution >= 4 is 119 Å². The van der Waals surface area contributed by atoms with Crippen molar-refractivity contribution in [1.82, 2.24) is 0 Å². The summed E-state index contributed by atoms with van der Waals surface area (Å²) in [7, 11) is 0. The lowest BCUT2D eigenvalue weighted by Crippen LogP contribution is -2.30. The Balaban J connectivity index is 2.36. The van der Waals surface area contributed by atoms with Crippen LogP contribution in [0.25, 0.3) is 0 Å². The number of primary amides is 1. The highest BCUT2D eigenvalue weighted by molar-refractivity contribution is 9.12. The van der Waals surface area contributed by atoms with Crippen LogP contribution in [0.4, 0.5) is 11.4 Å². The molecule has 4 nitrogen and oxygen atoms in total. The van der Waals surface area contributed by atoms with E-state index in [-0.39, 0.29) is 11.1 Å². The smallest absolute Gasteiger partial charge is 0.263 e. The maximum absolute atomic E-state index is 13.9. The number of anilines is 2. The van der Waals surface area contributed by atoms with Gasteiger partial charge in [0.15, 0.2) is 0 Å². The third-order valence-corrected chi connectivity index (χ3v) is 7.37. The normalized spacial score (nSPS) is 10.7. The predicted octanol–water partition coefficient (Wildman–Crippen LogP) is 8.34. The van der Waals surface area contributed by atoms with Crippen molar-refractivity contribution in [1.29, 1.82) is 0 Å². The third-order valence-electron chi connectivity index (χ3n) is 4.04. The largest absolute Gasteiger partial charge is 0.366 e. The first kappa shape index (κ1) is 24.1. The van der Waals surface area contributed by atoms with Crippen molar-refractivity contribution in [2.75, 3.05) is 4.90 Å². The summed E-state index contributed by atoms with van der Waals surface area (Å²) < 4.78 is 4.30. The molecule has 0 unspecified atom stereocenters. The van der Waals surface area contributed by atoms with E-state index in [4.69, 9.17) is 5.73 Å². The molecule has 0 spiro atoms. The highest BCUT2D eigenvalue weighted by Gasteiger charge is 2.30. The van der Waals surface area contributed by atoms with E-state index in [1.807, 2.05) is 24.3 Å². The van der Waals surface area contributed by atoms with Gasteiger partial charge in [0.05, 0.1) is 22.5 Å². The van der Waals surface area contributed by atoms with Gasteiger partial charge in [-0.05, 0) is 100 Å². The van der Waals surface area contributed by atoms with Gasteiger partial charge in [-0.3, -0.25) is 14.5 Å². The minimum absolute atomic E-state index is 0.140. The van der Waals surface area contributed by atoms with Gasteiger partial charge in [0, 0.05) is 26.8 Å². The second-order valence-electron chi connectivity index (χ2n) is 5.99. The molecule has 0 heterocycles. The van der Waals surface area contributed by atoms with Crippen LogP contribution < -0.4 is 10.6 Å². The molecule has 2 amide bonds. The molecule has 0 aliphatic carbocycles. The molecule has 30 heavy (non-hydrogen) atoms. The van der Waals surface area contributed by atoms with Crippen LogP contribution in [0.1, 0.15) is 20.7 Å². The van der Waals surface area contributed by atoms with E-state index in [0.717, 1.165) is 8.95 Å². The van der Waals surface area contributed by atoms with Crippen LogP contribution in [0, 0.1) is 0 Å². The average Bonchev–Trinajstić information content (AvgIpc) is 2.64. The molecule has 3 aromatic carbocycles. The van der Waals surface area contributed by atoms with E-state index in [2.05, 4.69) is 95.6 Å². The molecule has 0 aliphatic rings. The van der Waals surface area contributed by atoms with E-state index < -0.39 is 11.8 Å². The molecule has 154 valence electrons. The fourth-order valence-corrected chi connectivity index (χ4v) is 8.04. The van der Waals surface area contributed by atoms with Gasteiger partial charge in [-0.15, -0.1) is 0 Å². The second-order valence-corrected chi connectivity index (χ2v) is 11.2. The number of carbonyl (C=O) groups excluding carboxylic acids is 2. The Hall–Kier alpha value is -0.520. The number of amides is 2. The summed E-state index contributed by atoms with van der Waals surface area (Å²) in [4.78, 5) is 27.4. The summed E-state index contributed by atoms with van der Waals surface area (Å²) in [6, 6.07) is 13.8. The number of hydrogen-bond donors (Lipinski definition) is 1. The number of carbonyl (C=O) groups is 2. The van der Waals surface area contributed by atoms with Gasteiger partial charge in [-0.25, -0.2) is 0 Å². The fourth-order valence-electron chi connectivity index (χ4n) is 2.82. The quantitative estimate of drug-likeness (QED) is 0.289. The fraction of sp³-hybridized carbons (Fsp3) is 0. The molecule has 0 atom stereocenters. The number of nitrogens with zero attached hydrogens (tertiary/aromatic N) is 1. The van der Waals surface area contributed by atoms with Crippen LogP contribution >= 0.6 is 95.6 Å². The summed E-state index contributed by atoms with van der Waals surface area (Å²) >= 11 is 21.2. The maximum atomic E-state index is 13.9. The monoisotopic (exact) mass is 784 g/mol. The lowest BCUT2D eigenvalue weighted by Gasteiger charge is -2.28. The van der Waals surface area contributed by atoms with Crippen molar-refractivity contribution in [3.8, 4) is 0 Å². The van der Waals surface area contributed by atoms with Crippen LogP contribution in [-0.4, -0.2) is 11.8 Å². The molecule has 0 radical (unpaired) electrons. The van der Waals surface area contributed by atoms with Crippen LogP contribution in [0.5, 0.6) is 0 Å². The van der Waals surface area contributed by atoms with Crippen molar-refractivity contribution < 1.29 is 9.59 Å². The second kappa shape index (κ2) is 9.95. The summed E-state index contributed by atoms with van der Waals surface area (Å²) in [5.74, 6) is -1.10. The number of benzene rings is 3. The van der Waals surface area contributed by atoms with E-state index in [9.17, 15) is 9.59 Å². The topological polar surface area (TPSA) is 63.4 Å². The van der Waals surface area contributed by atoms with Crippen molar-refractivity contribution in [2.45, 2.75) is 0 Å². The van der Waals surface area contributed by atoms with Gasteiger partial charge in [0.1, 0.15) is 0 Å². The molecule has 0 bridgehead atoms. The van der Waals surface area contributed by atoms with Gasteiger partial charge in [-0.1, -0.05) is 44.0 Å². The van der Waals surface area contributed by atoms with Gasteiger partial charge in [0.2, 0.25) is 5.91 Å². The highest BCUT2D eigenvalue weighted by Crippen LogP contribution is 2.47. The standard InChI is InChI=1S/C20H10Br6N2O2/c21-9-5-13(23)17(14(24)6-9)28(18-15(25)7-10(22)8-16(18)26)20(30)12-4-2-1-3-11(12)19(27)29/h1-8H,(H2,27,29). The molecule has 10 heteroatoms. The predicted molar refractivity (Wildman–Crippen MR) is 141 cm³/mol. The molecular weight excluding hydrogens is 780 g/mol. The van der Waals surface area contributed by atoms with Crippen molar-refractivity contribution in [3.63, 3.8) is 0 Å². The number of nitrogens with two attached hydrogens (primary N) is 1. The van der Waals surface area contributed by atoms with Crippen molar-refractivity contribution in [2.24, 2.45) is 5.73 Å². The lowest BCUT2D eigenvalue weighted by molar-refractivity contribution is 0.0967. The Bertz CT molecular complexity index is 1080. The zero-order valence-corrected chi connectivity index (χ0v) is 24.2. The van der Waals surface area contributed by atoms with E-state index in [0.29, 0.717) is 29.3 Å². The van der Waals surface area contributed by atoms with Crippen LogP contribution in [0.2, 0.25) is 0 Å². The Morgan fingerprint density at radius 3 is 1.40 bits per heavy atom. The molecule has 3 aromatic rings. The SMILES string of the molecule is NC(=O)c1ccccc1C(=O)N(c1c(Br)cc(Br)cc1Br)c1c(Br)cc(Br)cc1Br. The van der Waals surface area contributed by atoms with E-state index in [1.165, 1.54) is 11.0 Å². The Morgan fingerprint density at radius 1 is 0.667 bits per heavy atom. The Morgan fingerprint density at radius 2 is 1.03 bits per heavy atom. The number of halogens is 6. The number of hydrogen-bond acceptors (Lipinski definition) is 2. The van der Waals surface area contributed by atoms with Crippen LogP contribution in [0.3, 0.4) is 0 Å². The van der Waals surface area contributed by atoms with Gasteiger partial charge >= 0.3 is 0 Å². The third kappa shape index (κ3) is 4.94. The first-order chi connectivity index (χ1) is 14.1. The molecule has 0 aliphatic heterocycles. The van der Waals surface area contributed by atoms with Crippen molar-refractivity contribution in [3.05, 3.63) is 86.5 Å². The average molecular weight is 790 g/mol. The molecule has 0 aromatic heterocycles. The summed E-state index contributed by atoms with van der Waals surface area (Å²) in [6.45, 7) is 0. The molecule has 0 saturated carbocycles.